The molecular formula is C13H19N3OS. The van der Waals surface area contributed by atoms with Gasteiger partial charge < -0.3 is 16.4 Å². The molecule has 0 saturated carbocycles. The van der Waals surface area contributed by atoms with E-state index in [0.717, 1.165) is 12.2 Å². The zero-order valence-electron chi connectivity index (χ0n) is 10.5. The summed E-state index contributed by atoms with van der Waals surface area (Å²) in [6, 6.07) is 5.34. The van der Waals surface area contributed by atoms with E-state index >= 15 is 0 Å². The number of nitrogen functional groups attached to an aromatic ring is 1. The van der Waals surface area contributed by atoms with Crippen molar-refractivity contribution in [3.8, 4) is 0 Å². The van der Waals surface area contributed by atoms with Crippen LogP contribution in [0.5, 0.6) is 0 Å². The van der Waals surface area contributed by atoms with E-state index in [1.807, 2.05) is 17.8 Å². The normalized spacial score (nSPS) is 18.6. The van der Waals surface area contributed by atoms with Crippen LogP contribution in [-0.2, 0) is 0 Å². The highest BCUT2D eigenvalue weighted by Crippen LogP contribution is 2.27. The Balaban J connectivity index is 2.08. The van der Waals surface area contributed by atoms with Gasteiger partial charge in [-0.2, -0.15) is 11.8 Å². The van der Waals surface area contributed by atoms with Crippen molar-refractivity contribution in [2.75, 3.05) is 30.4 Å². The van der Waals surface area contributed by atoms with E-state index in [9.17, 15) is 4.79 Å². The van der Waals surface area contributed by atoms with Gasteiger partial charge in [0.15, 0.2) is 0 Å². The van der Waals surface area contributed by atoms with Crippen LogP contribution in [0, 0.1) is 0 Å². The minimum absolute atomic E-state index is 0.0865. The first kappa shape index (κ1) is 13.1. The van der Waals surface area contributed by atoms with Crippen LogP contribution in [-0.4, -0.2) is 30.5 Å². The van der Waals surface area contributed by atoms with Gasteiger partial charge in [-0.05, 0) is 36.8 Å². The number of amides is 1. The van der Waals surface area contributed by atoms with Crippen molar-refractivity contribution in [1.82, 2.24) is 5.32 Å². The minimum Gasteiger partial charge on any atom is -0.399 e. The molecule has 1 aliphatic heterocycles. The molecule has 1 aromatic carbocycles. The lowest BCUT2D eigenvalue weighted by atomic mass is 10.1. The van der Waals surface area contributed by atoms with E-state index in [0.29, 0.717) is 16.5 Å². The predicted molar refractivity (Wildman–Crippen MR) is 78.2 cm³/mol. The van der Waals surface area contributed by atoms with Crippen LogP contribution >= 0.6 is 11.8 Å². The summed E-state index contributed by atoms with van der Waals surface area (Å²) in [5, 5.41) is 6.64. The standard InChI is InChI=1S/C13H19N3OS/c1-15-13(17)11-5-4-9(14)7-12(11)16-8-10-3-2-6-18-10/h4-5,7,10,16H,2-3,6,8,14H2,1H3,(H,15,17). The molecule has 1 heterocycles. The molecule has 0 bridgehead atoms. The van der Waals surface area contributed by atoms with E-state index in [4.69, 9.17) is 5.73 Å². The molecule has 0 aromatic heterocycles. The van der Waals surface area contributed by atoms with Crippen LogP contribution in [0.3, 0.4) is 0 Å². The van der Waals surface area contributed by atoms with Crippen LogP contribution in [0.4, 0.5) is 11.4 Å². The van der Waals surface area contributed by atoms with Crippen molar-refractivity contribution in [3.05, 3.63) is 23.8 Å². The average Bonchev–Trinajstić information content (AvgIpc) is 2.88. The van der Waals surface area contributed by atoms with Crippen molar-refractivity contribution < 1.29 is 4.79 Å². The molecule has 1 fully saturated rings. The first-order chi connectivity index (χ1) is 8.70. The Kier molecular flexibility index (Phi) is 4.36. The van der Waals surface area contributed by atoms with Gasteiger partial charge in [-0.1, -0.05) is 0 Å². The molecule has 1 aliphatic rings. The lowest BCUT2D eigenvalue weighted by Crippen LogP contribution is -2.21. The lowest BCUT2D eigenvalue weighted by molar-refractivity contribution is 0.0964. The zero-order chi connectivity index (χ0) is 13.0. The largest absolute Gasteiger partial charge is 0.399 e. The Bertz CT molecular complexity index is 430. The number of thioether (sulfide) groups is 1. The highest BCUT2D eigenvalue weighted by atomic mass is 32.2. The Morgan fingerprint density at radius 3 is 3.06 bits per heavy atom. The number of nitrogens with one attached hydrogen (secondary N) is 2. The number of rotatable bonds is 4. The van der Waals surface area contributed by atoms with E-state index in [1.54, 1.807) is 19.2 Å². The molecule has 0 radical (unpaired) electrons. The summed E-state index contributed by atoms with van der Waals surface area (Å²) >= 11 is 1.99. The molecule has 5 heteroatoms. The Hall–Kier alpha value is -1.36. The molecule has 1 unspecified atom stereocenters. The fraction of sp³-hybridized carbons (Fsp3) is 0.462. The van der Waals surface area contributed by atoms with Crippen LogP contribution in [0.1, 0.15) is 23.2 Å². The molecule has 1 aromatic rings. The fourth-order valence-corrected chi connectivity index (χ4v) is 3.27. The van der Waals surface area contributed by atoms with Crippen molar-refractivity contribution >= 4 is 29.0 Å². The van der Waals surface area contributed by atoms with Gasteiger partial charge in [-0.15, -0.1) is 0 Å². The van der Waals surface area contributed by atoms with Gasteiger partial charge in [0, 0.05) is 30.2 Å². The van der Waals surface area contributed by atoms with E-state index < -0.39 is 0 Å². The van der Waals surface area contributed by atoms with Gasteiger partial charge in [0.1, 0.15) is 0 Å². The number of carbonyl (C=O) groups is 1. The number of nitrogens with two attached hydrogens (primary N) is 1. The zero-order valence-corrected chi connectivity index (χ0v) is 11.3. The summed E-state index contributed by atoms with van der Waals surface area (Å²) in [4.78, 5) is 11.7. The molecule has 2 rings (SSSR count). The average molecular weight is 265 g/mol. The molecular weight excluding hydrogens is 246 g/mol. The summed E-state index contributed by atoms with van der Waals surface area (Å²) in [6.07, 6.45) is 2.53. The van der Waals surface area contributed by atoms with Crippen LogP contribution in [0.2, 0.25) is 0 Å². The fourth-order valence-electron chi connectivity index (χ4n) is 2.07. The molecule has 18 heavy (non-hydrogen) atoms. The lowest BCUT2D eigenvalue weighted by Gasteiger charge is -2.15. The van der Waals surface area contributed by atoms with Crippen molar-refractivity contribution in [2.24, 2.45) is 0 Å². The molecule has 0 spiro atoms. The maximum Gasteiger partial charge on any atom is 0.253 e. The summed E-state index contributed by atoms with van der Waals surface area (Å²) < 4.78 is 0. The molecule has 1 amide bonds. The molecule has 98 valence electrons. The molecule has 4 N–H and O–H groups in total. The quantitative estimate of drug-likeness (QED) is 0.728. The van der Waals surface area contributed by atoms with Crippen LogP contribution in [0.15, 0.2) is 18.2 Å². The van der Waals surface area contributed by atoms with Gasteiger partial charge >= 0.3 is 0 Å². The number of hydrogen-bond acceptors (Lipinski definition) is 4. The van der Waals surface area contributed by atoms with Crippen molar-refractivity contribution in [3.63, 3.8) is 0 Å². The van der Waals surface area contributed by atoms with Crippen molar-refractivity contribution in [2.45, 2.75) is 18.1 Å². The number of hydrogen-bond donors (Lipinski definition) is 3. The molecule has 0 aliphatic carbocycles. The second-order valence-corrected chi connectivity index (χ2v) is 5.81. The van der Waals surface area contributed by atoms with Gasteiger partial charge in [-0.3, -0.25) is 4.79 Å². The Morgan fingerprint density at radius 2 is 2.39 bits per heavy atom. The van der Waals surface area contributed by atoms with E-state index in [-0.39, 0.29) is 5.91 Å². The first-order valence-corrected chi connectivity index (χ1v) is 7.22. The third kappa shape index (κ3) is 3.10. The molecule has 1 saturated heterocycles. The van der Waals surface area contributed by atoms with E-state index in [2.05, 4.69) is 10.6 Å². The molecule has 4 nitrogen and oxygen atoms in total. The predicted octanol–water partition coefficient (Wildman–Crippen LogP) is 1.94. The monoisotopic (exact) mass is 265 g/mol. The third-order valence-electron chi connectivity index (χ3n) is 3.06. The SMILES string of the molecule is CNC(=O)c1ccc(N)cc1NCC1CCCS1. The smallest absolute Gasteiger partial charge is 0.253 e. The van der Waals surface area contributed by atoms with E-state index in [1.165, 1.54) is 18.6 Å². The number of anilines is 2. The maximum atomic E-state index is 11.7. The highest BCUT2D eigenvalue weighted by molar-refractivity contribution is 8.00. The summed E-state index contributed by atoms with van der Waals surface area (Å²) in [5.74, 6) is 1.16. The number of benzene rings is 1. The van der Waals surface area contributed by atoms with Gasteiger partial charge in [0.2, 0.25) is 0 Å². The van der Waals surface area contributed by atoms with Gasteiger partial charge in [0.25, 0.3) is 5.91 Å². The molecule has 1 atom stereocenters. The summed E-state index contributed by atoms with van der Waals surface area (Å²) in [5.41, 5.74) is 7.92. The van der Waals surface area contributed by atoms with Crippen LogP contribution < -0.4 is 16.4 Å². The van der Waals surface area contributed by atoms with Crippen molar-refractivity contribution in [1.29, 1.82) is 0 Å². The Morgan fingerprint density at radius 1 is 1.56 bits per heavy atom. The highest BCUT2D eigenvalue weighted by Gasteiger charge is 2.16. The summed E-state index contributed by atoms with van der Waals surface area (Å²) in [6.45, 7) is 0.887. The maximum absolute atomic E-state index is 11.7. The second kappa shape index (κ2) is 6.00. The third-order valence-corrected chi connectivity index (χ3v) is 4.46. The number of carbonyl (C=O) groups excluding carboxylic acids is 1. The van der Waals surface area contributed by atoms with Gasteiger partial charge in [0.05, 0.1) is 5.56 Å². The topological polar surface area (TPSA) is 67.2 Å². The Labute approximate surface area is 112 Å². The second-order valence-electron chi connectivity index (χ2n) is 4.40. The van der Waals surface area contributed by atoms with Crippen LogP contribution in [0.25, 0.3) is 0 Å². The summed E-state index contributed by atoms with van der Waals surface area (Å²) in [7, 11) is 1.63. The van der Waals surface area contributed by atoms with Gasteiger partial charge in [-0.25, -0.2) is 0 Å². The minimum atomic E-state index is -0.0865. The first-order valence-electron chi connectivity index (χ1n) is 6.18.